The summed E-state index contributed by atoms with van der Waals surface area (Å²) in [7, 11) is 0. The van der Waals surface area contributed by atoms with Crippen LogP contribution in [0, 0.1) is 0 Å². The van der Waals surface area contributed by atoms with E-state index in [1.807, 2.05) is 12.1 Å². The highest BCUT2D eigenvalue weighted by molar-refractivity contribution is 5.26. The van der Waals surface area contributed by atoms with Crippen LogP contribution in [0.1, 0.15) is 38.2 Å². The predicted octanol–water partition coefficient (Wildman–Crippen LogP) is 2.50. The zero-order chi connectivity index (χ0) is 13.3. The minimum atomic E-state index is 0.351. The molecule has 3 heteroatoms. The molecule has 1 atom stereocenters. The first-order valence-electron chi connectivity index (χ1n) is 7.44. The van der Waals surface area contributed by atoms with Crippen molar-refractivity contribution < 1.29 is 5.11 Å². The van der Waals surface area contributed by atoms with Crippen LogP contribution in [0.4, 0.5) is 0 Å². The molecule has 1 saturated heterocycles. The Balaban J connectivity index is 1.69. The normalized spacial score (nSPS) is 26.9. The summed E-state index contributed by atoms with van der Waals surface area (Å²) in [4.78, 5) is 2.59. The summed E-state index contributed by atoms with van der Waals surface area (Å²) in [6.07, 6.45) is 5.39. The maximum atomic E-state index is 9.36. The van der Waals surface area contributed by atoms with Crippen molar-refractivity contribution in [1.82, 2.24) is 10.2 Å². The van der Waals surface area contributed by atoms with Crippen LogP contribution < -0.4 is 5.32 Å². The summed E-state index contributed by atoms with van der Waals surface area (Å²) in [5.41, 5.74) is 1.67. The SMILES string of the molecule is CC1CNC2(CCCC2)CN1Cc1ccc(O)cc1. The second-order valence-corrected chi connectivity index (χ2v) is 6.29. The van der Waals surface area contributed by atoms with E-state index in [9.17, 15) is 5.11 Å². The fourth-order valence-corrected chi connectivity index (χ4v) is 3.53. The van der Waals surface area contributed by atoms with Crippen molar-refractivity contribution in [2.24, 2.45) is 0 Å². The van der Waals surface area contributed by atoms with Crippen LogP contribution in [0.2, 0.25) is 0 Å². The topological polar surface area (TPSA) is 35.5 Å². The molecule has 0 radical (unpaired) electrons. The molecule has 1 unspecified atom stereocenters. The second-order valence-electron chi connectivity index (χ2n) is 6.29. The Morgan fingerprint density at radius 1 is 1.26 bits per heavy atom. The van der Waals surface area contributed by atoms with Crippen molar-refractivity contribution in [3.05, 3.63) is 29.8 Å². The van der Waals surface area contributed by atoms with Crippen LogP contribution >= 0.6 is 0 Å². The number of benzene rings is 1. The fourth-order valence-electron chi connectivity index (χ4n) is 3.53. The van der Waals surface area contributed by atoms with Gasteiger partial charge in [-0.25, -0.2) is 0 Å². The van der Waals surface area contributed by atoms with Gasteiger partial charge in [0.1, 0.15) is 5.75 Å². The van der Waals surface area contributed by atoms with Gasteiger partial charge in [0.25, 0.3) is 0 Å². The van der Waals surface area contributed by atoms with Crippen molar-refractivity contribution in [1.29, 1.82) is 0 Å². The zero-order valence-electron chi connectivity index (χ0n) is 11.7. The van der Waals surface area contributed by atoms with Crippen LogP contribution in [0.3, 0.4) is 0 Å². The summed E-state index contributed by atoms with van der Waals surface area (Å²) < 4.78 is 0. The molecule has 2 aliphatic rings. The second kappa shape index (κ2) is 5.14. The highest BCUT2D eigenvalue weighted by atomic mass is 16.3. The van der Waals surface area contributed by atoms with E-state index in [-0.39, 0.29) is 0 Å². The molecule has 104 valence electrons. The lowest BCUT2D eigenvalue weighted by atomic mass is 9.92. The maximum absolute atomic E-state index is 9.36. The molecule has 19 heavy (non-hydrogen) atoms. The number of nitrogens with one attached hydrogen (secondary N) is 1. The van der Waals surface area contributed by atoms with Gasteiger partial charge in [-0.1, -0.05) is 25.0 Å². The molecule has 0 amide bonds. The standard InChI is InChI=1S/C16H24N2O/c1-13-10-17-16(8-2-3-9-16)12-18(13)11-14-4-6-15(19)7-5-14/h4-7,13,17,19H,2-3,8-12H2,1H3. The van der Waals surface area contributed by atoms with E-state index < -0.39 is 0 Å². The predicted molar refractivity (Wildman–Crippen MR) is 77.2 cm³/mol. The summed E-state index contributed by atoms with van der Waals surface area (Å²) in [5, 5.41) is 13.1. The third-order valence-corrected chi connectivity index (χ3v) is 4.78. The van der Waals surface area contributed by atoms with E-state index in [4.69, 9.17) is 0 Å². The van der Waals surface area contributed by atoms with Gasteiger partial charge in [0.2, 0.25) is 0 Å². The lowest BCUT2D eigenvalue weighted by Crippen LogP contribution is -2.61. The van der Waals surface area contributed by atoms with E-state index in [1.165, 1.54) is 31.2 Å². The van der Waals surface area contributed by atoms with Crippen molar-refractivity contribution >= 4 is 0 Å². The first-order chi connectivity index (χ1) is 9.17. The van der Waals surface area contributed by atoms with Crippen LogP contribution in [0.15, 0.2) is 24.3 Å². The van der Waals surface area contributed by atoms with Crippen molar-refractivity contribution in [2.75, 3.05) is 13.1 Å². The summed E-state index contributed by atoms with van der Waals surface area (Å²) >= 11 is 0. The number of piperazine rings is 1. The minimum Gasteiger partial charge on any atom is -0.508 e. The first-order valence-corrected chi connectivity index (χ1v) is 7.44. The molecule has 1 saturated carbocycles. The molecule has 0 aromatic heterocycles. The number of hydrogen-bond donors (Lipinski definition) is 2. The molecule has 2 N–H and O–H groups in total. The molecule has 1 spiro atoms. The van der Waals surface area contributed by atoms with Gasteiger partial charge < -0.3 is 10.4 Å². The van der Waals surface area contributed by atoms with Gasteiger partial charge in [0.05, 0.1) is 0 Å². The van der Waals surface area contributed by atoms with Crippen LogP contribution in [0.25, 0.3) is 0 Å². The smallest absolute Gasteiger partial charge is 0.115 e. The molecule has 2 fully saturated rings. The van der Waals surface area contributed by atoms with Crippen molar-refractivity contribution in [3.8, 4) is 5.75 Å². The number of hydrogen-bond acceptors (Lipinski definition) is 3. The average molecular weight is 260 g/mol. The van der Waals surface area contributed by atoms with E-state index in [0.29, 0.717) is 17.3 Å². The third-order valence-electron chi connectivity index (χ3n) is 4.78. The van der Waals surface area contributed by atoms with Crippen LogP contribution in [-0.2, 0) is 6.54 Å². The first kappa shape index (κ1) is 12.9. The molecular weight excluding hydrogens is 236 g/mol. The third kappa shape index (κ3) is 2.77. The number of phenolic OH excluding ortho intramolecular Hbond substituents is 1. The molecule has 1 aliphatic carbocycles. The van der Waals surface area contributed by atoms with E-state index >= 15 is 0 Å². The minimum absolute atomic E-state index is 0.351. The van der Waals surface area contributed by atoms with Gasteiger partial charge in [-0.2, -0.15) is 0 Å². The highest BCUT2D eigenvalue weighted by Crippen LogP contribution is 2.33. The van der Waals surface area contributed by atoms with Gasteiger partial charge in [0, 0.05) is 31.2 Å². The summed E-state index contributed by atoms with van der Waals surface area (Å²) in [6, 6.07) is 8.22. The largest absolute Gasteiger partial charge is 0.508 e. The Morgan fingerprint density at radius 2 is 1.95 bits per heavy atom. The van der Waals surface area contributed by atoms with Crippen LogP contribution in [-0.4, -0.2) is 34.7 Å². The van der Waals surface area contributed by atoms with E-state index in [2.05, 4.69) is 17.1 Å². The number of nitrogens with zero attached hydrogens (tertiary/aromatic N) is 1. The monoisotopic (exact) mass is 260 g/mol. The molecule has 3 rings (SSSR count). The summed E-state index contributed by atoms with van der Waals surface area (Å²) in [5.74, 6) is 0.351. The molecule has 0 bridgehead atoms. The number of rotatable bonds is 2. The molecular formula is C16H24N2O. The quantitative estimate of drug-likeness (QED) is 0.857. The number of aromatic hydroxyl groups is 1. The molecule has 1 aromatic carbocycles. The van der Waals surface area contributed by atoms with Gasteiger partial charge in [-0.05, 0) is 37.5 Å². The van der Waals surface area contributed by atoms with Gasteiger partial charge in [-0.15, -0.1) is 0 Å². The Labute approximate surface area is 115 Å². The van der Waals surface area contributed by atoms with Crippen LogP contribution in [0.5, 0.6) is 5.75 Å². The molecule has 1 aromatic rings. The van der Waals surface area contributed by atoms with E-state index in [1.54, 1.807) is 12.1 Å². The average Bonchev–Trinajstić information content (AvgIpc) is 2.85. The molecule has 3 nitrogen and oxygen atoms in total. The Kier molecular flexibility index (Phi) is 3.50. The lowest BCUT2D eigenvalue weighted by molar-refractivity contribution is 0.0826. The maximum Gasteiger partial charge on any atom is 0.115 e. The van der Waals surface area contributed by atoms with Crippen molar-refractivity contribution in [3.63, 3.8) is 0 Å². The fraction of sp³-hybridized carbons (Fsp3) is 0.625. The van der Waals surface area contributed by atoms with E-state index in [0.717, 1.165) is 19.6 Å². The lowest BCUT2D eigenvalue weighted by Gasteiger charge is -2.45. The molecule has 1 aliphatic heterocycles. The van der Waals surface area contributed by atoms with Crippen molar-refractivity contribution in [2.45, 2.75) is 50.7 Å². The summed E-state index contributed by atoms with van der Waals surface area (Å²) in [6.45, 7) is 5.55. The van der Waals surface area contributed by atoms with Gasteiger partial charge in [0.15, 0.2) is 0 Å². The van der Waals surface area contributed by atoms with Gasteiger partial charge in [-0.3, -0.25) is 4.90 Å². The Bertz CT molecular complexity index is 423. The molecule has 1 heterocycles. The zero-order valence-corrected chi connectivity index (χ0v) is 11.7. The van der Waals surface area contributed by atoms with Gasteiger partial charge >= 0.3 is 0 Å². The Morgan fingerprint density at radius 3 is 2.63 bits per heavy atom. The Hall–Kier alpha value is -1.06. The number of phenols is 1. The highest BCUT2D eigenvalue weighted by Gasteiger charge is 2.39.